The maximum absolute atomic E-state index is 11.5. The molecule has 0 saturated heterocycles. The molecule has 0 aromatic rings. The van der Waals surface area contributed by atoms with Gasteiger partial charge >= 0.3 is 5.97 Å². The highest BCUT2D eigenvalue weighted by Gasteiger charge is 2.26. The number of esters is 1. The molecule has 1 atom stereocenters. The van der Waals surface area contributed by atoms with E-state index < -0.39 is 0 Å². The Balaban J connectivity index is 4.01. The lowest BCUT2D eigenvalue weighted by Gasteiger charge is -2.28. The minimum Gasteiger partial charge on any atom is -0.456 e. The largest absolute Gasteiger partial charge is 0.456 e. The van der Waals surface area contributed by atoms with Crippen molar-refractivity contribution in [3.8, 4) is 0 Å². The summed E-state index contributed by atoms with van der Waals surface area (Å²) in [5.41, 5.74) is 0.165. The molecule has 0 heterocycles. The summed E-state index contributed by atoms with van der Waals surface area (Å²) in [6.07, 6.45) is 8.02. The van der Waals surface area contributed by atoms with E-state index in [-0.39, 0.29) is 11.6 Å². The Morgan fingerprint density at radius 1 is 1.18 bits per heavy atom. The lowest BCUT2D eigenvalue weighted by atomic mass is 9.94. The SMILES string of the molecule is C=C(C)C(=O)OC(C)(CC)CCCCCCC. The van der Waals surface area contributed by atoms with E-state index in [0.29, 0.717) is 5.57 Å². The van der Waals surface area contributed by atoms with Crippen molar-refractivity contribution in [2.24, 2.45) is 0 Å². The first kappa shape index (κ1) is 16.2. The van der Waals surface area contributed by atoms with E-state index in [2.05, 4.69) is 20.4 Å². The molecule has 0 aliphatic heterocycles. The molecule has 0 aliphatic rings. The molecule has 17 heavy (non-hydrogen) atoms. The van der Waals surface area contributed by atoms with Crippen LogP contribution in [0.15, 0.2) is 12.2 Å². The average molecular weight is 240 g/mol. The Bertz CT molecular complexity index is 245. The predicted octanol–water partition coefficient (Wildman–Crippen LogP) is 4.63. The Hall–Kier alpha value is -0.790. The normalized spacial score (nSPS) is 14.1. The van der Waals surface area contributed by atoms with Crippen LogP contribution in [0.4, 0.5) is 0 Å². The molecule has 0 amide bonds. The number of rotatable bonds is 9. The number of unbranched alkanes of at least 4 members (excludes halogenated alkanes) is 4. The van der Waals surface area contributed by atoms with Gasteiger partial charge in [-0.25, -0.2) is 4.79 Å². The zero-order chi connectivity index (χ0) is 13.3. The van der Waals surface area contributed by atoms with Gasteiger partial charge in [-0.1, -0.05) is 46.1 Å². The van der Waals surface area contributed by atoms with Gasteiger partial charge in [0, 0.05) is 5.57 Å². The summed E-state index contributed by atoms with van der Waals surface area (Å²) in [6.45, 7) is 11.6. The molecule has 2 heteroatoms. The monoisotopic (exact) mass is 240 g/mol. The second-order valence-electron chi connectivity index (χ2n) is 5.14. The third-order valence-corrected chi connectivity index (χ3v) is 3.24. The van der Waals surface area contributed by atoms with Crippen molar-refractivity contribution in [2.45, 2.75) is 78.2 Å². The summed E-state index contributed by atoms with van der Waals surface area (Å²) in [6, 6.07) is 0. The van der Waals surface area contributed by atoms with Gasteiger partial charge in [0.05, 0.1) is 0 Å². The van der Waals surface area contributed by atoms with Gasteiger partial charge in [0.2, 0.25) is 0 Å². The minimum atomic E-state index is -0.317. The number of ether oxygens (including phenoxy) is 1. The maximum Gasteiger partial charge on any atom is 0.333 e. The zero-order valence-corrected chi connectivity index (χ0v) is 12.0. The highest BCUT2D eigenvalue weighted by Crippen LogP contribution is 2.24. The Kier molecular flexibility index (Phi) is 7.94. The van der Waals surface area contributed by atoms with Crippen LogP contribution in [0.25, 0.3) is 0 Å². The molecule has 0 radical (unpaired) electrons. The van der Waals surface area contributed by atoms with Crippen molar-refractivity contribution in [3.63, 3.8) is 0 Å². The number of carbonyl (C=O) groups is 1. The lowest BCUT2D eigenvalue weighted by molar-refractivity contribution is -0.154. The van der Waals surface area contributed by atoms with Gasteiger partial charge in [0.1, 0.15) is 5.60 Å². The molecule has 1 unspecified atom stereocenters. The van der Waals surface area contributed by atoms with E-state index >= 15 is 0 Å². The van der Waals surface area contributed by atoms with Crippen LogP contribution in [-0.2, 0) is 9.53 Å². The summed E-state index contributed by atoms with van der Waals surface area (Å²) in [5, 5.41) is 0. The quantitative estimate of drug-likeness (QED) is 0.333. The standard InChI is InChI=1S/C15H28O2/c1-6-8-9-10-11-12-15(5,7-2)17-14(16)13(3)4/h3,6-12H2,1-2,4-5H3. The number of hydrogen-bond acceptors (Lipinski definition) is 2. The molecule has 0 spiro atoms. The molecule has 0 saturated carbocycles. The maximum atomic E-state index is 11.5. The highest BCUT2D eigenvalue weighted by molar-refractivity contribution is 5.87. The predicted molar refractivity (Wildman–Crippen MR) is 73.0 cm³/mol. The van der Waals surface area contributed by atoms with Crippen molar-refractivity contribution >= 4 is 5.97 Å². The van der Waals surface area contributed by atoms with Crippen LogP contribution in [-0.4, -0.2) is 11.6 Å². The van der Waals surface area contributed by atoms with Crippen LogP contribution in [0, 0.1) is 0 Å². The molecule has 0 fully saturated rings. The van der Waals surface area contributed by atoms with E-state index in [1.165, 1.54) is 25.7 Å². The molecule has 0 N–H and O–H groups in total. The van der Waals surface area contributed by atoms with Crippen molar-refractivity contribution < 1.29 is 9.53 Å². The third-order valence-electron chi connectivity index (χ3n) is 3.24. The molecule has 100 valence electrons. The summed E-state index contributed by atoms with van der Waals surface area (Å²) in [5.74, 6) is -0.261. The van der Waals surface area contributed by atoms with E-state index in [4.69, 9.17) is 4.74 Å². The van der Waals surface area contributed by atoms with Gasteiger partial charge in [0.15, 0.2) is 0 Å². The van der Waals surface area contributed by atoms with Gasteiger partial charge in [-0.3, -0.25) is 0 Å². The average Bonchev–Trinajstić information content (AvgIpc) is 2.28. The fraction of sp³-hybridized carbons (Fsp3) is 0.800. The van der Waals surface area contributed by atoms with Crippen molar-refractivity contribution in [1.29, 1.82) is 0 Å². The molecule has 0 rings (SSSR count). The van der Waals surface area contributed by atoms with Crippen LogP contribution < -0.4 is 0 Å². The van der Waals surface area contributed by atoms with E-state index in [0.717, 1.165) is 19.3 Å². The minimum absolute atomic E-state index is 0.261. The summed E-state index contributed by atoms with van der Waals surface area (Å²) >= 11 is 0. The van der Waals surface area contributed by atoms with E-state index in [1.54, 1.807) is 6.92 Å². The molecular formula is C15H28O2. The fourth-order valence-electron chi connectivity index (χ4n) is 1.71. The lowest BCUT2D eigenvalue weighted by Crippen LogP contribution is -2.31. The molecule has 0 bridgehead atoms. The first-order valence-electron chi connectivity index (χ1n) is 6.84. The van der Waals surface area contributed by atoms with Gasteiger partial charge < -0.3 is 4.74 Å². The molecular weight excluding hydrogens is 212 g/mol. The highest BCUT2D eigenvalue weighted by atomic mass is 16.6. The van der Waals surface area contributed by atoms with Crippen LogP contribution in [0.2, 0.25) is 0 Å². The van der Waals surface area contributed by atoms with Gasteiger partial charge in [-0.2, -0.15) is 0 Å². The smallest absolute Gasteiger partial charge is 0.333 e. The van der Waals surface area contributed by atoms with E-state index in [1.807, 2.05) is 6.92 Å². The summed E-state index contributed by atoms with van der Waals surface area (Å²) in [7, 11) is 0. The number of hydrogen-bond donors (Lipinski definition) is 0. The number of carbonyl (C=O) groups excluding carboxylic acids is 1. The second-order valence-corrected chi connectivity index (χ2v) is 5.14. The van der Waals surface area contributed by atoms with Crippen molar-refractivity contribution in [2.75, 3.05) is 0 Å². The Morgan fingerprint density at radius 3 is 2.24 bits per heavy atom. The Morgan fingerprint density at radius 2 is 1.76 bits per heavy atom. The van der Waals surface area contributed by atoms with Gasteiger partial charge in [-0.05, 0) is 33.1 Å². The van der Waals surface area contributed by atoms with Crippen LogP contribution in [0.3, 0.4) is 0 Å². The molecule has 2 nitrogen and oxygen atoms in total. The summed E-state index contributed by atoms with van der Waals surface area (Å²) in [4.78, 5) is 11.5. The van der Waals surface area contributed by atoms with Gasteiger partial charge in [0.25, 0.3) is 0 Å². The molecule has 0 aliphatic carbocycles. The fourth-order valence-corrected chi connectivity index (χ4v) is 1.71. The topological polar surface area (TPSA) is 26.3 Å². The second kappa shape index (κ2) is 8.32. The van der Waals surface area contributed by atoms with Crippen molar-refractivity contribution in [1.82, 2.24) is 0 Å². The Labute approximate surface area is 106 Å². The van der Waals surface area contributed by atoms with Gasteiger partial charge in [-0.15, -0.1) is 0 Å². The molecule has 0 aromatic carbocycles. The first-order chi connectivity index (χ1) is 7.95. The first-order valence-corrected chi connectivity index (χ1v) is 6.84. The van der Waals surface area contributed by atoms with Crippen LogP contribution in [0.1, 0.15) is 72.6 Å². The molecule has 0 aromatic heterocycles. The van der Waals surface area contributed by atoms with Crippen molar-refractivity contribution in [3.05, 3.63) is 12.2 Å². The van der Waals surface area contributed by atoms with E-state index in [9.17, 15) is 4.79 Å². The van der Waals surface area contributed by atoms with Crippen LogP contribution in [0.5, 0.6) is 0 Å². The third kappa shape index (κ3) is 7.19. The van der Waals surface area contributed by atoms with Crippen LogP contribution >= 0.6 is 0 Å². The summed E-state index contributed by atoms with van der Waals surface area (Å²) < 4.78 is 5.52. The zero-order valence-electron chi connectivity index (χ0n) is 12.0.